The summed E-state index contributed by atoms with van der Waals surface area (Å²) >= 11 is 5.75. The summed E-state index contributed by atoms with van der Waals surface area (Å²) in [4.78, 5) is 0. The molecule has 1 rings (SSSR count). The minimum atomic E-state index is -0.339. The maximum absolute atomic E-state index is 8.94. The van der Waals surface area contributed by atoms with E-state index in [2.05, 4.69) is 11.4 Å². The standard InChI is InChI=1S/C11H13ClN2O/c12-10-4-2-9(3-5-10)11(8-13)14-6-1-7-15/h2-5,11,14-15H,1,6-7H2. The molecule has 0 amide bonds. The monoisotopic (exact) mass is 224 g/mol. The molecule has 3 nitrogen and oxygen atoms in total. The zero-order valence-corrected chi connectivity index (χ0v) is 9.04. The summed E-state index contributed by atoms with van der Waals surface area (Å²) < 4.78 is 0. The normalized spacial score (nSPS) is 12.1. The fraction of sp³-hybridized carbons (Fsp3) is 0.364. The van der Waals surface area contributed by atoms with Crippen LogP contribution in [0.5, 0.6) is 0 Å². The molecule has 0 fully saturated rings. The molecule has 80 valence electrons. The minimum absolute atomic E-state index is 0.131. The second-order valence-corrected chi connectivity index (χ2v) is 3.58. The summed E-state index contributed by atoms with van der Waals surface area (Å²) in [5.41, 5.74) is 0.889. The topological polar surface area (TPSA) is 56.0 Å². The van der Waals surface area contributed by atoms with E-state index < -0.39 is 0 Å². The van der Waals surface area contributed by atoms with Crippen molar-refractivity contribution in [3.63, 3.8) is 0 Å². The van der Waals surface area contributed by atoms with Crippen molar-refractivity contribution in [2.24, 2.45) is 0 Å². The van der Waals surface area contributed by atoms with Crippen molar-refractivity contribution in [3.05, 3.63) is 34.9 Å². The van der Waals surface area contributed by atoms with Gasteiger partial charge in [-0.2, -0.15) is 5.26 Å². The van der Waals surface area contributed by atoms with Gasteiger partial charge < -0.3 is 5.11 Å². The predicted molar refractivity (Wildman–Crippen MR) is 59.5 cm³/mol. The molecule has 0 aliphatic carbocycles. The molecule has 0 saturated heterocycles. The van der Waals surface area contributed by atoms with Gasteiger partial charge >= 0.3 is 0 Å². The van der Waals surface area contributed by atoms with Crippen molar-refractivity contribution < 1.29 is 5.11 Å². The van der Waals surface area contributed by atoms with Crippen LogP contribution in [0.1, 0.15) is 18.0 Å². The molecule has 0 saturated carbocycles. The molecule has 0 aliphatic rings. The summed E-state index contributed by atoms with van der Waals surface area (Å²) in [6, 6.07) is 8.98. The maximum atomic E-state index is 8.94. The highest BCUT2D eigenvalue weighted by atomic mass is 35.5. The van der Waals surface area contributed by atoms with Crippen molar-refractivity contribution in [3.8, 4) is 6.07 Å². The van der Waals surface area contributed by atoms with Crippen molar-refractivity contribution >= 4 is 11.6 Å². The van der Waals surface area contributed by atoms with Gasteiger partial charge in [-0.3, -0.25) is 5.32 Å². The summed E-state index contributed by atoms with van der Waals surface area (Å²) in [6.45, 7) is 0.753. The quantitative estimate of drug-likeness (QED) is 0.751. The van der Waals surface area contributed by atoms with E-state index >= 15 is 0 Å². The van der Waals surface area contributed by atoms with Crippen LogP contribution in [-0.2, 0) is 0 Å². The first-order valence-electron chi connectivity index (χ1n) is 4.77. The van der Waals surface area contributed by atoms with Crippen molar-refractivity contribution in [1.29, 1.82) is 5.26 Å². The van der Waals surface area contributed by atoms with Gasteiger partial charge in [0.2, 0.25) is 0 Å². The first-order valence-corrected chi connectivity index (χ1v) is 5.15. The van der Waals surface area contributed by atoms with Crippen LogP contribution in [0.15, 0.2) is 24.3 Å². The molecule has 1 aromatic carbocycles. The summed E-state index contributed by atoms with van der Waals surface area (Å²) in [5, 5.41) is 21.3. The Labute approximate surface area is 94.3 Å². The van der Waals surface area contributed by atoms with E-state index in [0.717, 1.165) is 5.56 Å². The lowest BCUT2D eigenvalue weighted by Crippen LogP contribution is -2.21. The molecule has 0 bridgehead atoms. The summed E-state index contributed by atoms with van der Waals surface area (Å²) in [7, 11) is 0. The number of halogens is 1. The van der Waals surface area contributed by atoms with Gasteiger partial charge in [-0.15, -0.1) is 0 Å². The van der Waals surface area contributed by atoms with E-state index in [1.54, 1.807) is 12.1 Å². The minimum Gasteiger partial charge on any atom is -0.396 e. The highest BCUT2D eigenvalue weighted by Gasteiger charge is 2.08. The number of nitrogens with zero attached hydrogens (tertiary/aromatic N) is 1. The first kappa shape index (κ1) is 12.0. The lowest BCUT2D eigenvalue weighted by atomic mass is 10.1. The van der Waals surface area contributed by atoms with Gasteiger partial charge in [-0.05, 0) is 30.7 Å². The molecule has 15 heavy (non-hydrogen) atoms. The Hall–Kier alpha value is -1.08. The van der Waals surface area contributed by atoms with E-state index in [0.29, 0.717) is 18.0 Å². The van der Waals surface area contributed by atoms with Crippen molar-refractivity contribution in [2.45, 2.75) is 12.5 Å². The Morgan fingerprint density at radius 2 is 2.07 bits per heavy atom. The van der Waals surface area contributed by atoms with Crippen LogP contribution in [0, 0.1) is 11.3 Å². The zero-order chi connectivity index (χ0) is 11.1. The fourth-order valence-corrected chi connectivity index (χ4v) is 1.34. The maximum Gasteiger partial charge on any atom is 0.121 e. The molecule has 1 aromatic rings. The Morgan fingerprint density at radius 1 is 1.40 bits per heavy atom. The number of aliphatic hydroxyl groups is 1. The predicted octanol–water partition coefficient (Wildman–Crippen LogP) is 1.88. The van der Waals surface area contributed by atoms with Crippen molar-refractivity contribution in [1.82, 2.24) is 5.32 Å². The fourth-order valence-electron chi connectivity index (χ4n) is 1.22. The number of hydrogen-bond acceptors (Lipinski definition) is 3. The van der Waals surface area contributed by atoms with Gasteiger partial charge in [0.1, 0.15) is 6.04 Å². The number of hydrogen-bond donors (Lipinski definition) is 2. The molecular formula is C11H13ClN2O. The van der Waals surface area contributed by atoms with Crippen LogP contribution >= 0.6 is 11.6 Å². The largest absolute Gasteiger partial charge is 0.396 e. The van der Waals surface area contributed by atoms with E-state index in [-0.39, 0.29) is 12.6 Å². The van der Waals surface area contributed by atoms with E-state index in [9.17, 15) is 0 Å². The molecule has 0 spiro atoms. The third-order valence-electron chi connectivity index (χ3n) is 2.02. The van der Waals surface area contributed by atoms with Gasteiger partial charge in [0.05, 0.1) is 6.07 Å². The van der Waals surface area contributed by atoms with Gasteiger partial charge in [-0.1, -0.05) is 23.7 Å². The van der Waals surface area contributed by atoms with Gasteiger partial charge in [0.25, 0.3) is 0 Å². The average molecular weight is 225 g/mol. The molecule has 1 unspecified atom stereocenters. The second kappa shape index (κ2) is 6.41. The molecule has 0 heterocycles. The smallest absolute Gasteiger partial charge is 0.121 e. The lowest BCUT2D eigenvalue weighted by Gasteiger charge is -2.11. The molecule has 0 aliphatic heterocycles. The molecule has 2 N–H and O–H groups in total. The van der Waals surface area contributed by atoms with Crippen LogP contribution in [0.25, 0.3) is 0 Å². The van der Waals surface area contributed by atoms with E-state index in [1.165, 1.54) is 0 Å². The van der Waals surface area contributed by atoms with Gasteiger partial charge in [0, 0.05) is 11.6 Å². The third-order valence-corrected chi connectivity index (χ3v) is 2.27. The molecule has 0 radical (unpaired) electrons. The Kier molecular flexibility index (Phi) is 5.13. The number of nitrogens with one attached hydrogen (secondary N) is 1. The molecule has 0 aromatic heterocycles. The number of rotatable bonds is 5. The van der Waals surface area contributed by atoms with Crippen LogP contribution in [0.4, 0.5) is 0 Å². The van der Waals surface area contributed by atoms with Crippen LogP contribution in [-0.4, -0.2) is 18.3 Å². The van der Waals surface area contributed by atoms with Crippen LogP contribution in [0.2, 0.25) is 5.02 Å². The van der Waals surface area contributed by atoms with Gasteiger partial charge in [-0.25, -0.2) is 0 Å². The zero-order valence-electron chi connectivity index (χ0n) is 8.28. The molecule has 1 atom stereocenters. The van der Waals surface area contributed by atoms with Crippen LogP contribution in [0.3, 0.4) is 0 Å². The SMILES string of the molecule is N#CC(NCCCO)c1ccc(Cl)cc1. The number of benzene rings is 1. The Morgan fingerprint density at radius 3 is 2.60 bits per heavy atom. The Balaban J connectivity index is 2.59. The van der Waals surface area contributed by atoms with E-state index in [1.807, 2.05) is 12.1 Å². The molecular weight excluding hydrogens is 212 g/mol. The highest BCUT2D eigenvalue weighted by molar-refractivity contribution is 6.30. The summed E-state index contributed by atoms with van der Waals surface area (Å²) in [6.07, 6.45) is 0.645. The molecule has 4 heteroatoms. The number of aliphatic hydroxyl groups excluding tert-OH is 1. The third kappa shape index (κ3) is 3.88. The lowest BCUT2D eigenvalue weighted by molar-refractivity contribution is 0.285. The first-order chi connectivity index (χ1) is 7.27. The highest BCUT2D eigenvalue weighted by Crippen LogP contribution is 2.15. The summed E-state index contributed by atoms with van der Waals surface area (Å²) in [5.74, 6) is 0. The Bertz CT molecular complexity index is 331. The van der Waals surface area contributed by atoms with Gasteiger partial charge in [0.15, 0.2) is 0 Å². The van der Waals surface area contributed by atoms with E-state index in [4.69, 9.17) is 22.0 Å². The average Bonchev–Trinajstić information content (AvgIpc) is 2.26. The second-order valence-electron chi connectivity index (χ2n) is 3.14. The number of nitriles is 1. The van der Waals surface area contributed by atoms with Crippen LogP contribution < -0.4 is 5.32 Å². The van der Waals surface area contributed by atoms with Crippen molar-refractivity contribution in [2.75, 3.05) is 13.2 Å².